The zero-order chi connectivity index (χ0) is 13.1. The number of rotatable bonds is 4. The summed E-state index contributed by atoms with van der Waals surface area (Å²) in [7, 11) is -2.29. The largest absolute Gasteiger partial charge is 0.497 e. The fourth-order valence-electron chi connectivity index (χ4n) is 1.06. The molecule has 0 atom stereocenters. The molecule has 0 radical (unpaired) electrons. The number of carbonyl (C=O) groups is 1. The maximum Gasteiger partial charge on any atom is 0.264 e. The van der Waals surface area contributed by atoms with Crippen molar-refractivity contribution in [3.8, 4) is 5.75 Å². The summed E-state index contributed by atoms with van der Waals surface area (Å²) in [5, 5.41) is 0. The molecule has 1 N–H and O–H groups in total. The minimum Gasteiger partial charge on any atom is -0.497 e. The maximum atomic E-state index is 11.8. The third-order valence-corrected chi connectivity index (χ3v) is 3.49. The van der Waals surface area contributed by atoms with Gasteiger partial charge in [0.15, 0.2) is 0 Å². The minimum absolute atomic E-state index is 0.0345. The SMILES string of the molecule is COc1ccc(S(=O)(=O)NC(=O)C(C)C)cc1. The zero-order valence-electron chi connectivity index (χ0n) is 9.93. The lowest BCUT2D eigenvalue weighted by molar-refractivity contribution is -0.122. The third kappa shape index (κ3) is 3.45. The van der Waals surface area contributed by atoms with Crippen LogP contribution in [0.3, 0.4) is 0 Å². The van der Waals surface area contributed by atoms with Crippen LogP contribution in [0.1, 0.15) is 13.8 Å². The van der Waals surface area contributed by atoms with Gasteiger partial charge in [0.25, 0.3) is 10.0 Å². The van der Waals surface area contributed by atoms with Gasteiger partial charge in [-0.2, -0.15) is 0 Å². The van der Waals surface area contributed by atoms with Crippen molar-refractivity contribution in [1.82, 2.24) is 4.72 Å². The van der Waals surface area contributed by atoms with E-state index in [9.17, 15) is 13.2 Å². The first kappa shape index (κ1) is 13.5. The zero-order valence-corrected chi connectivity index (χ0v) is 10.7. The van der Waals surface area contributed by atoms with Crippen molar-refractivity contribution in [1.29, 1.82) is 0 Å². The molecule has 1 aromatic rings. The summed E-state index contributed by atoms with van der Waals surface area (Å²) in [6, 6.07) is 5.81. The average Bonchev–Trinajstić information content (AvgIpc) is 2.28. The summed E-state index contributed by atoms with van der Waals surface area (Å²) in [5.41, 5.74) is 0. The number of ether oxygens (including phenoxy) is 1. The van der Waals surface area contributed by atoms with Gasteiger partial charge in [0.1, 0.15) is 5.75 Å². The lowest BCUT2D eigenvalue weighted by Gasteiger charge is -2.09. The van der Waals surface area contributed by atoms with E-state index in [1.165, 1.54) is 31.4 Å². The molecule has 17 heavy (non-hydrogen) atoms. The highest BCUT2D eigenvalue weighted by Gasteiger charge is 2.19. The Hall–Kier alpha value is -1.56. The first-order valence-corrected chi connectivity index (χ1v) is 6.56. The van der Waals surface area contributed by atoms with Crippen LogP contribution in [-0.4, -0.2) is 21.4 Å². The average molecular weight is 257 g/mol. The van der Waals surface area contributed by atoms with Crippen LogP contribution < -0.4 is 9.46 Å². The second-order valence-corrected chi connectivity index (χ2v) is 5.48. The van der Waals surface area contributed by atoms with E-state index in [2.05, 4.69) is 0 Å². The molecule has 0 fully saturated rings. The predicted molar refractivity (Wildman–Crippen MR) is 63.2 cm³/mol. The lowest BCUT2D eigenvalue weighted by Crippen LogP contribution is -2.33. The summed E-state index contributed by atoms with van der Waals surface area (Å²) < 4.78 is 30.5. The third-order valence-electron chi connectivity index (χ3n) is 2.13. The summed E-state index contributed by atoms with van der Waals surface area (Å²) in [5.74, 6) is -0.358. The quantitative estimate of drug-likeness (QED) is 0.878. The Morgan fingerprint density at radius 2 is 1.76 bits per heavy atom. The van der Waals surface area contributed by atoms with Gasteiger partial charge in [-0.25, -0.2) is 13.1 Å². The van der Waals surface area contributed by atoms with Crippen LogP contribution in [0.2, 0.25) is 0 Å². The van der Waals surface area contributed by atoms with Gasteiger partial charge in [0.05, 0.1) is 12.0 Å². The van der Waals surface area contributed by atoms with Crippen LogP contribution in [0.5, 0.6) is 5.75 Å². The second kappa shape index (κ2) is 5.18. The molecule has 0 aliphatic heterocycles. The van der Waals surface area contributed by atoms with Gasteiger partial charge >= 0.3 is 0 Å². The standard InChI is InChI=1S/C11H15NO4S/c1-8(2)11(13)12-17(14,15)10-6-4-9(16-3)5-7-10/h4-8H,1-3H3,(H,12,13). The Bertz CT molecular complexity index is 491. The molecule has 5 nitrogen and oxygen atoms in total. The van der Waals surface area contributed by atoms with Gasteiger partial charge in [0, 0.05) is 5.92 Å². The van der Waals surface area contributed by atoms with Crippen molar-refractivity contribution < 1.29 is 17.9 Å². The van der Waals surface area contributed by atoms with Gasteiger partial charge in [-0.1, -0.05) is 13.8 Å². The van der Waals surface area contributed by atoms with Crippen LogP contribution in [0, 0.1) is 5.92 Å². The summed E-state index contributed by atoms with van der Waals surface area (Å²) >= 11 is 0. The van der Waals surface area contributed by atoms with Gasteiger partial charge in [-0.05, 0) is 24.3 Å². The Kier molecular flexibility index (Phi) is 4.11. The molecule has 0 aliphatic rings. The highest BCUT2D eigenvalue weighted by Crippen LogP contribution is 2.15. The molecular weight excluding hydrogens is 242 g/mol. The summed E-state index contributed by atoms with van der Waals surface area (Å²) in [6.45, 7) is 3.25. The van der Waals surface area contributed by atoms with E-state index < -0.39 is 15.9 Å². The molecule has 1 rings (SSSR count). The number of sulfonamides is 1. The fourth-order valence-corrected chi connectivity index (χ4v) is 2.18. The van der Waals surface area contributed by atoms with Crippen LogP contribution >= 0.6 is 0 Å². The number of amides is 1. The molecule has 0 heterocycles. The highest BCUT2D eigenvalue weighted by atomic mass is 32.2. The van der Waals surface area contributed by atoms with E-state index in [1.807, 2.05) is 4.72 Å². The fraction of sp³-hybridized carbons (Fsp3) is 0.364. The molecule has 0 aromatic heterocycles. The normalized spacial score (nSPS) is 11.3. The molecule has 0 bridgehead atoms. The van der Waals surface area contributed by atoms with E-state index in [4.69, 9.17) is 4.74 Å². The van der Waals surface area contributed by atoms with Crippen LogP contribution in [-0.2, 0) is 14.8 Å². The van der Waals surface area contributed by atoms with E-state index >= 15 is 0 Å². The van der Waals surface area contributed by atoms with Crippen LogP contribution in [0.25, 0.3) is 0 Å². The Balaban J connectivity index is 2.93. The molecule has 0 saturated carbocycles. The molecule has 6 heteroatoms. The number of benzene rings is 1. The van der Waals surface area contributed by atoms with Crippen molar-refractivity contribution in [3.63, 3.8) is 0 Å². The van der Waals surface area contributed by atoms with Crippen molar-refractivity contribution in [2.75, 3.05) is 7.11 Å². The smallest absolute Gasteiger partial charge is 0.264 e. The van der Waals surface area contributed by atoms with E-state index in [1.54, 1.807) is 13.8 Å². The first-order chi connectivity index (χ1) is 7.86. The van der Waals surface area contributed by atoms with Crippen LogP contribution in [0.4, 0.5) is 0 Å². The van der Waals surface area contributed by atoms with Crippen LogP contribution in [0.15, 0.2) is 29.2 Å². The molecule has 0 spiro atoms. The van der Waals surface area contributed by atoms with E-state index in [0.717, 1.165) is 0 Å². The molecule has 1 aromatic carbocycles. The van der Waals surface area contributed by atoms with E-state index in [0.29, 0.717) is 5.75 Å². The molecule has 0 unspecified atom stereocenters. The first-order valence-electron chi connectivity index (χ1n) is 5.07. The highest BCUT2D eigenvalue weighted by molar-refractivity contribution is 7.90. The number of carbonyl (C=O) groups excluding carboxylic acids is 1. The minimum atomic E-state index is -3.78. The molecular formula is C11H15NO4S. The second-order valence-electron chi connectivity index (χ2n) is 3.80. The van der Waals surface area contributed by atoms with Gasteiger partial charge in [-0.3, -0.25) is 4.79 Å². The maximum absolute atomic E-state index is 11.8. The molecule has 0 saturated heterocycles. The van der Waals surface area contributed by atoms with Crippen molar-refractivity contribution in [2.45, 2.75) is 18.7 Å². The van der Waals surface area contributed by atoms with Crippen molar-refractivity contribution in [2.24, 2.45) is 5.92 Å². The molecule has 0 aliphatic carbocycles. The molecule has 1 amide bonds. The number of hydrogen-bond acceptors (Lipinski definition) is 4. The van der Waals surface area contributed by atoms with Gasteiger partial charge < -0.3 is 4.74 Å². The predicted octanol–water partition coefficient (Wildman–Crippen LogP) is 1.16. The van der Waals surface area contributed by atoms with Gasteiger partial charge in [0.2, 0.25) is 5.91 Å². The number of methoxy groups -OCH3 is 1. The topological polar surface area (TPSA) is 72.5 Å². The van der Waals surface area contributed by atoms with E-state index in [-0.39, 0.29) is 10.8 Å². The monoisotopic (exact) mass is 257 g/mol. The van der Waals surface area contributed by atoms with Crippen molar-refractivity contribution >= 4 is 15.9 Å². The Morgan fingerprint density at radius 3 is 2.18 bits per heavy atom. The van der Waals surface area contributed by atoms with Gasteiger partial charge in [-0.15, -0.1) is 0 Å². The number of hydrogen-bond donors (Lipinski definition) is 1. The molecule has 94 valence electrons. The lowest BCUT2D eigenvalue weighted by atomic mass is 10.2. The number of nitrogens with one attached hydrogen (secondary N) is 1. The Morgan fingerprint density at radius 1 is 1.24 bits per heavy atom. The Labute approximate surface area is 101 Å². The summed E-state index contributed by atoms with van der Waals surface area (Å²) in [6.07, 6.45) is 0. The van der Waals surface area contributed by atoms with Crippen molar-refractivity contribution in [3.05, 3.63) is 24.3 Å². The summed E-state index contributed by atoms with van der Waals surface area (Å²) in [4.78, 5) is 11.4.